The molecule has 1 aliphatic rings. The zero-order valence-corrected chi connectivity index (χ0v) is 18.4. The Hall–Kier alpha value is -0.810. The summed E-state index contributed by atoms with van der Waals surface area (Å²) in [5.74, 6) is 0.842. The van der Waals surface area contributed by atoms with E-state index in [0.717, 1.165) is 57.1 Å². The van der Waals surface area contributed by atoms with Crippen LogP contribution < -0.4 is 0 Å². The Kier molecular flexibility index (Phi) is 11.3. The van der Waals surface area contributed by atoms with Crippen molar-refractivity contribution in [1.82, 2.24) is 0 Å². The molecule has 1 fully saturated rings. The summed E-state index contributed by atoms with van der Waals surface area (Å²) in [7, 11) is 1.42. The van der Waals surface area contributed by atoms with E-state index in [0.29, 0.717) is 11.7 Å². The minimum absolute atomic E-state index is 0.0657. The van der Waals surface area contributed by atoms with Crippen molar-refractivity contribution in [2.75, 3.05) is 12.9 Å². The van der Waals surface area contributed by atoms with E-state index in [1.54, 1.807) is 6.08 Å². The van der Waals surface area contributed by atoms with Gasteiger partial charge in [-0.15, -0.1) is 0 Å². The number of aliphatic hydroxyl groups is 1. The molecule has 1 saturated heterocycles. The second-order valence-corrected chi connectivity index (χ2v) is 9.53. The van der Waals surface area contributed by atoms with E-state index in [2.05, 4.69) is 11.7 Å². The van der Waals surface area contributed by atoms with E-state index in [1.165, 1.54) is 7.11 Å². The van der Waals surface area contributed by atoms with Gasteiger partial charge in [-0.2, -0.15) is 11.8 Å². The molecule has 0 aromatic rings. The van der Waals surface area contributed by atoms with Gasteiger partial charge >= 0.3 is 5.97 Å². The number of ether oxygens (including phenoxy) is 1. The highest BCUT2D eigenvalue weighted by Gasteiger charge is 2.34. The SMILES string of the molecule is CCCCC(C)(C)C(=O)/C=C/C1C(O)CSC1CCCCCCC(=O)OC. The number of hydrogen-bond donors (Lipinski definition) is 1. The summed E-state index contributed by atoms with van der Waals surface area (Å²) in [5, 5.41) is 10.7. The van der Waals surface area contributed by atoms with Gasteiger partial charge in [0.2, 0.25) is 0 Å². The van der Waals surface area contributed by atoms with Crippen molar-refractivity contribution < 1.29 is 19.4 Å². The van der Waals surface area contributed by atoms with Gasteiger partial charge in [-0.25, -0.2) is 0 Å². The van der Waals surface area contributed by atoms with Crippen LogP contribution in [0.3, 0.4) is 0 Å². The number of allylic oxidation sites excluding steroid dienone is 1. The predicted molar refractivity (Wildman–Crippen MR) is 113 cm³/mol. The molecule has 4 nitrogen and oxygen atoms in total. The number of carbonyl (C=O) groups excluding carboxylic acids is 2. The van der Waals surface area contributed by atoms with E-state index in [4.69, 9.17) is 0 Å². The maximum atomic E-state index is 12.5. The van der Waals surface area contributed by atoms with E-state index in [9.17, 15) is 14.7 Å². The molecule has 0 aliphatic carbocycles. The average Bonchev–Trinajstić information content (AvgIpc) is 3.00. The number of esters is 1. The van der Waals surface area contributed by atoms with Gasteiger partial charge in [0.15, 0.2) is 5.78 Å². The largest absolute Gasteiger partial charge is 0.469 e. The van der Waals surface area contributed by atoms with Crippen LogP contribution in [0.5, 0.6) is 0 Å². The van der Waals surface area contributed by atoms with Crippen molar-refractivity contribution in [2.45, 2.75) is 89.9 Å². The van der Waals surface area contributed by atoms with Gasteiger partial charge in [-0.1, -0.05) is 59.0 Å². The summed E-state index contributed by atoms with van der Waals surface area (Å²) in [4.78, 5) is 23.6. The van der Waals surface area contributed by atoms with Crippen molar-refractivity contribution in [3.05, 3.63) is 12.2 Å². The van der Waals surface area contributed by atoms with Gasteiger partial charge in [0.1, 0.15) is 0 Å². The van der Waals surface area contributed by atoms with Crippen molar-refractivity contribution >= 4 is 23.5 Å². The van der Waals surface area contributed by atoms with E-state index < -0.39 is 0 Å². The molecular weight excluding hydrogens is 360 g/mol. The molecule has 156 valence electrons. The van der Waals surface area contributed by atoms with Crippen LogP contribution in [0.25, 0.3) is 0 Å². The molecular formula is C22H38O4S. The van der Waals surface area contributed by atoms with Crippen LogP contribution in [-0.4, -0.2) is 41.1 Å². The fourth-order valence-corrected chi connectivity index (χ4v) is 4.95. The third-order valence-electron chi connectivity index (χ3n) is 5.49. The van der Waals surface area contributed by atoms with Crippen molar-refractivity contribution in [3.63, 3.8) is 0 Å². The zero-order chi connectivity index (χ0) is 20.3. The minimum atomic E-state index is -0.359. The zero-order valence-electron chi connectivity index (χ0n) is 17.5. The summed E-state index contributed by atoms with van der Waals surface area (Å²) in [6, 6.07) is 0. The molecule has 5 heteroatoms. The molecule has 3 unspecified atom stereocenters. The van der Waals surface area contributed by atoms with Gasteiger partial charge < -0.3 is 9.84 Å². The normalized spacial score (nSPS) is 23.1. The molecule has 1 rings (SSSR count). The van der Waals surface area contributed by atoms with Gasteiger partial charge in [-0.3, -0.25) is 9.59 Å². The number of rotatable bonds is 13. The van der Waals surface area contributed by atoms with Gasteiger partial charge in [0, 0.05) is 28.8 Å². The van der Waals surface area contributed by atoms with Crippen LogP contribution in [0.1, 0.15) is 78.6 Å². The lowest BCUT2D eigenvalue weighted by Gasteiger charge is -2.22. The average molecular weight is 399 g/mol. The van der Waals surface area contributed by atoms with E-state index >= 15 is 0 Å². The minimum Gasteiger partial charge on any atom is -0.469 e. The van der Waals surface area contributed by atoms with Crippen molar-refractivity contribution in [3.8, 4) is 0 Å². The third-order valence-corrected chi connectivity index (χ3v) is 7.01. The summed E-state index contributed by atoms with van der Waals surface area (Å²) in [6.07, 6.45) is 12.0. The summed E-state index contributed by atoms with van der Waals surface area (Å²) in [6.45, 7) is 6.17. The molecule has 0 amide bonds. The number of aliphatic hydroxyl groups excluding tert-OH is 1. The molecule has 0 radical (unpaired) electrons. The lowest BCUT2D eigenvalue weighted by Crippen LogP contribution is -2.25. The van der Waals surface area contributed by atoms with Crippen LogP contribution in [0.2, 0.25) is 0 Å². The Morgan fingerprint density at radius 3 is 2.56 bits per heavy atom. The van der Waals surface area contributed by atoms with Gasteiger partial charge in [-0.05, 0) is 25.3 Å². The molecule has 0 bridgehead atoms. The first-order chi connectivity index (χ1) is 12.8. The van der Waals surface area contributed by atoms with Crippen LogP contribution in [-0.2, 0) is 14.3 Å². The predicted octanol–water partition coefficient (Wildman–Crippen LogP) is 4.93. The number of ketones is 1. The lowest BCUT2D eigenvalue weighted by atomic mass is 9.82. The number of methoxy groups -OCH3 is 1. The highest BCUT2D eigenvalue weighted by Crippen LogP contribution is 2.37. The molecule has 1 heterocycles. The Morgan fingerprint density at radius 1 is 1.19 bits per heavy atom. The topological polar surface area (TPSA) is 63.6 Å². The fourth-order valence-electron chi connectivity index (χ4n) is 3.46. The fraction of sp³-hybridized carbons (Fsp3) is 0.818. The highest BCUT2D eigenvalue weighted by atomic mass is 32.2. The molecule has 3 atom stereocenters. The number of unbranched alkanes of at least 4 members (excludes halogenated alkanes) is 4. The third kappa shape index (κ3) is 8.82. The molecule has 27 heavy (non-hydrogen) atoms. The first-order valence-electron chi connectivity index (χ1n) is 10.4. The first-order valence-corrected chi connectivity index (χ1v) is 11.5. The number of hydrogen-bond acceptors (Lipinski definition) is 5. The van der Waals surface area contributed by atoms with Crippen LogP contribution in [0.15, 0.2) is 12.2 Å². The Morgan fingerprint density at radius 2 is 1.89 bits per heavy atom. The van der Waals surface area contributed by atoms with Crippen molar-refractivity contribution in [1.29, 1.82) is 0 Å². The maximum absolute atomic E-state index is 12.5. The molecule has 0 aromatic carbocycles. The van der Waals surface area contributed by atoms with E-state index in [1.807, 2.05) is 31.7 Å². The van der Waals surface area contributed by atoms with Crippen LogP contribution >= 0.6 is 11.8 Å². The Balaban J connectivity index is 2.42. The summed E-state index contributed by atoms with van der Waals surface area (Å²) in [5.41, 5.74) is -0.321. The maximum Gasteiger partial charge on any atom is 0.305 e. The van der Waals surface area contributed by atoms with Gasteiger partial charge in [0.25, 0.3) is 0 Å². The van der Waals surface area contributed by atoms with Crippen LogP contribution in [0.4, 0.5) is 0 Å². The standard InChI is InChI=1S/C22H38O4S/c1-5-6-15-22(2,3)20(24)14-13-17-18(23)16-27-19(17)11-9-7-8-10-12-21(25)26-4/h13-14,17-19,23H,5-12,15-16H2,1-4H3/b14-13+. The molecule has 1 N–H and O–H groups in total. The highest BCUT2D eigenvalue weighted by molar-refractivity contribution is 8.00. The quantitative estimate of drug-likeness (QED) is 0.271. The summed E-state index contributed by atoms with van der Waals surface area (Å²) < 4.78 is 4.65. The smallest absolute Gasteiger partial charge is 0.305 e. The van der Waals surface area contributed by atoms with Gasteiger partial charge in [0.05, 0.1) is 13.2 Å². The Labute approximate surface area is 169 Å². The Bertz CT molecular complexity index is 487. The summed E-state index contributed by atoms with van der Waals surface area (Å²) >= 11 is 1.82. The monoisotopic (exact) mass is 398 g/mol. The lowest BCUT2D eigenvalue weighted by molar-refractivity contribution is -0.140. The first kappa shape index (κ1) is 24.2. The number of carbonyl (C=O) groups is 2. The second kappa shape index (κ2) is 12.6. The number of thioether (sulfide) groups is 1. The van der Waals surface area contributed by atoms with E-state index in [-0.39, 0.29) is 29.2 Å². The second-order valence-electron chi connectivity index (χ2n) is 8.26. The van der Waals surface area contributed by atoms with Crippen molar-refractivity contribution in [2.24, 2.45) is 11.3 Å². The van der Waals surface area contributed by atoms with Crippen LogP contribution in [0, 0.1) is 11.3 Å². The molecule has 0 spiro atoms. The molecule has 0 saturated carbocycles. The molecule has 1 aliphatic heterocycles. The molecule has 0 aromatic heterocycles.